The Kier molecular flexibility index (Phi) is 4.06. The maximum atomic E-state index is 13.7. The lowest BCUT2D eigenvalue weighted by molar-refractivity contribution is 0.0902. The van der Waals surface area contributed by atoms with Crippen LogP contribution in [-0.2, 0) is 0 Å². The third-order valence-corrected chi connectivity index (χ3v) is 3.55. The monoisotopic (exact) mass is 277 g/mol. The van der Waals surface area contributed by atoms with Crippen molar-refractivity contribution >= 4 is 23.0 Å². The Morgan fingerprint density at radius 1 is 1.26 bits per heavy atom. The number of carbonyl (C=O) groups excluding carboxylic acids is 2. The summed E-state index contributed by atoms with van der Waals surface area (Å²) in [6.45, 7) is 1.45. The molecule has 1 N–H and O–H groups in total. The first-order valence-electron chi connectivity index (χ1n) is 5.69. The zero-order valence-corrected chi connectivity index (χ0v) is 11.1. The third kappa shape index (κ3) is 3.06. The second-order valence-corrected chi connectivity index (χ2v) is 4.97. The molecule has 0 fully saturated rings. The van der Waals surface area contributed by atoms with Gasteiger partial charge in [-0.1, -0.05) is 18.2 Å². The summed E-state index contributed by atoms with van der Waals surface area (Å²) in [5.74, 6) is -1.31. The quantitative estimate of drug-likeness (QED) is 0.873. The number of halogens is 1. The molecule has 1 aromatic carbocycles. The van der Waals surface area contributed by atoms with Crippen LogP contribution in [0.1, 0.15) is 25.6 Å². The summed E-state index contributed by atoms with van der Waals surface area (Å²) >= 11 is 1.31. The molecular weight excluding hydrogens is 265 g/mol. The molecule has 0 aliphatic heterocycles. The second kappa shape index (κ2) is 5.75. The van der Waals surface area contributed by atoms with E-state index in [4.69, 9.17) is 0 Å². The molecule has 19 heavy (non-hydrogen) atoms. The average molecular weight is 277 g/mol. The van der Waals surface area contributed by atoms with Crippen LogP contribution in [-0.4, -0.2) is 18.2 Å². The van der Waals surface area contributed by atoms with E-state index in [0.717, 1.165) is 0 Å². The summed E-state index contributed by atoms with van der Waals surface area (Å²) < 4.78 is 13.7. The molecule has 2 rings (SSSR count). The first-order valence-corrected chi connectivity index (χ1v) is 6.57. The first kappa shape index (κ1) is 13.4. The van der Waals surface area contributed by atoms with Gasteiger partial charge in [0.05, 0.1) is 17.0 Å². The normalized spacial score (nSPS) is 10.2. The number of ketones is 1. The predicted molar refractivity (Wildman–Crippen MR) is 72.1 cm³/mol. The van der Waals surface area contributed by atoms with Gasteiger partial charge in [0, 0.05) is 0 Å². The molecule has 1 heterocycles. The molecule has 0 saturated heterocycles. The number of hydrogen-bond donors (Lipinski definition) is 1. The molecule has 2 aromatic rings. The Hall–Kier alpha value is -2.01. The van der Waals surface area contributed by atoms with Gasteiger partial charge in [-0.2, -0.15) is 0 Å². The van der Waals surface area contributed by atoms with E-state index in [-0.39, 0.29) is 17.9 Å². The molecule has 5 heteroatoms. The van der Waals surface area contributed by atoms with Crippen molar-refractivity contribution in [3.63, 3.8) is 0 Å². The third-order valence-electron chi connectivity index (χ3n) is 2.64. The summed E-state index contributed by atoms with van der Waals surface area (Å²) in [5.41, 5.74) is 0.358. The number of aryl methyl sites for hydroxylation is 1. The minimum absolute atomic E-state index is 0.0426. The van der Waals surface area contributed by atoms with E-state index in [1.807, 2.05) is 0 Å². The zero-order valence-electron chi connectivity index (χ0n) is 10.3. The highest BCUT2D eigenvalue weighted by Crippen LogP contribution is 2.12. The van der Waals surface area contributed by atoms with Crippen LogP contribution in [0.4, 0.5) is 4.39 Å². The summed E-state index contributed by atoms with van der Waals surface area (Å²) in [7, 11) is 0. The predicted octanol–water partition coefficient (Wildman–Crippen LogP) is 2.81. The van der Waals surface area contributed by atoms with Crippen LogP contribution in [0.3, 0.4) is 0 Å². The van der Waals surface area contributed by atoms with Gasteiger partial charge in [-0.15, -0.1) is 11.3 Å². The molecule has 0 aliphatic rings. The number of Topliss-reactive ketones (excluding diaryl/α,β-unsaturated/α-hetero) is 1. The van der Waals surface area contributed by atoms with Gasteiger partial charge in [0.2, 0.25) is 0 Å². The fourth-order valence-corrected chi connectivity index (χ4v) is 2.27. The Balaban J connectivity index is 2.02. The molecule has 1 aromatic heterocycles. The van der Waals surface area contributed by atoms with Crippen molar-refractivity contribution in [1.82, 2.24) is 5.32 Å². The lowest BCUT2D eigenvalue weighted by atomic mass is 10.1. The Morgan fingerprint density at radius 2 is 2.05 bits per heavy atom. The standard InChI is InChI=1S/C14H12FNO2S/c1-9-4-2-5-10(13(9)15)14(18)16-8-11(17)12-6-3-7-19-12/h2-7H,8H2,1H3,(H,16,18). The van der Waals surface area contributed by atoms with E-state index >= 15 is 0 Å². The first-order chi connectivity index (χ1) is 9.09. The summed E-state index contributed by atoms with van der Waals surface area (Å²) in [6, 6.07) is 8.04. The molecule has 0 spiro atoms. The van der Waals surface area contributed by atoms with Gasteiger partial charge in [0.1, 0.15) is 5.82 Å². The van der Waals surface area contributed by atoms with Crippen molar-refractivity contribution in [2.75, 3.05) is 6.54 Å². The molecule has 0 aliphatic carbocycles. The molecule has 0 bridgehead atoms. The molecule has 0 saturated carbocycles. The summed E-state index contributed by atoms with van der Waals surface area (Å²) in [4.78, 5) is 24.1. The average Bonchev–Trinajstić information content (AvgIpc) is 2.93. The summed E-state index contributed by atoms with van der Waals surface area (Å²) in [5, 5.41) is 4.22. The largest absolute Gasteiger partial charge is 0.344 e. The van der Waals surface area contributed by atoms with Gasteiger partial charge in [-0.25, -0.2) is 4.39 Å². The fraction of sp³-hybridized carbons (Fsp3) is 0.143. The van der Waals surface area contributed by atoms with Crippen LogP contribution in [0.25, 0.3) is 0 Å². The lowest BCUT2D eigenvalue weighted by Gasteiger charge is -2.06. The van der Waals surface area contributed by atoms with Crippen molar-refractivity contribution in [1.29, 1.82) is 0 Å². The summed E-state index contributed by atoms with van der Waals surface area (Å²) in [6.07, 6.45) is 0. The van der Waals surface area contributed by atoms with E-state index in [2.05, 4.69) is 5.32 Å². The topological polar surface area (TPSA) is 46.2 Å². The highest BCUT2D eigenvalue weighted by Gasteiger charge is 2.14. The molecule has 0 radical (unpaired) electrons. The number of hydrogen-bond acceptors (Lipinski definition) is 3. The van der Waals surface area contributed by atoms with Crippen LogP contribution in [0.15, 0.2) is 35.7 Å². The van der Waals surface area contributed by atoms with Gasteiger partial charge in [-0.05, 0) is 30.0 Å². The van der Waals surface area contributed by atoms with E-state index in [0.29, 0.717) is 10.4 Å². The van der Waals surface area contributed by atoms with Gasteiger partial charge >= 0.3 is 0 Å². The minimum Gasteiger partial charge on any atom is -0.344 e. The van der Waals surface area contributed by atoms with Crippen molar-refractivity contribution in [3.05, 3.63) is 57.5 Å². The number of benzene rings is 1. The highest BCUT2D eigenvalue weighted by molar-refractivity contribution is 7.12. The SMILES string of the molecule is Cc1cccc(C(=O)NCC(=O)c2cccs2)c1F. The van der Waals surface area contributed by atoms with E-state index in [1.54, 1.807) is 36.6 Å². The van der Waals surface area contributed by atoms with Crippen LogP contribution in [0.5, 0.6) is 0 Å². The van der Waals surface area contributed by atoms with Gasteiger partial charge in [0.25, 0.3) is 5.91 Å². The van der Waals surface area contributed by atoms with Gasteiger partial charge in [-0.3, -0.25) is 9.59 Å². The van der Waals surface area contributed by atoms with Crippen LogP contribution >= 0.6 is 11.3 Å². The van der Waals surface area contributed by atoms with E-state index in [1.165, 1.54) is 17.4 Å². The Bertz CT molecular complexity index is 608. The maximum absolute atomic E-state index is 13.7. The van der Waals surface area contributed by atoms with Crippen molar-refractivity contribution in [2.24, 2.45) is 0 Å². The maximum Gasteiger partial charge on any atom is 0.254 e. The number of rotatable bonds is 4. The molecular formula is C14H12FNO2S. The van der Waals surface area contributed by atoms with E-state index in [9.17, 15) is 14.0 Å². The number of thiophene rings is 1. The van der Waals surface area contributed by atoms with Gasteiger partial charge < -0.3 is 5.32 Å². The smallest absolute Gasteiger partial charge is 0.254 e. The van der Waals surface area contributed by atoms with Crippen molar-refractivity contribution in [3.8, 4) is 0 Å². The molecule has 1 amide bonds. The van der Waals surface area contributed by atoms with Crippen LogP contribution < -0.4 is 5.32 Å². The van der Waals surface area contributed by atoms with Crippen LogP contribution in [0.2, 0.25) is 0 Å². The van der Waals surface area contributed by atoms with Crippen molar-refractivity contribution < 1.29 is 14.0 Å². The number of carbonyl (C=O) groups is 2. The minimum atomic E-state index is -0.578. The van der Waals surface area contributed by atoms with E-state index < -0.39 is 11.7 Å². The molecule has 0 atom stereocenters. The van der Waals surface area contributed by atoms with Crippen LogP contribution in [0, 0.1) is 12.7 Å². The molecule has 3 nitrogen and oxygen atoms in total. The Morgan fingerprint density at radius 3 is 2.74 bits per heavy atom. The Labute approximate surface area is 114 Å². The lowest BCUT2D eigenvalue weighted by Crippen LogP contribution is -2.30. The second-order valence-electron chi connectivity index (χ2n) is 4.02. The number of nitrogens with one attached hydrogen (secondary N) is 1. The van der Waals surface area contributed by atoms with Gasteiger partial charge in [0.15, 0.2) is 5.78 Å². The molecule has 98 valence electrons. The zero-order chi connectivity index (χ0) is 13.8. The fourth-order valence-electron chi connectivity index (χ4n) is 1.60. The molecule has 0 unspecified atom stereocenters. The highest BCUT2D eigenvalue weighted by atomic mass is 32.1. The number of amides is 1. The van der Waals surface area contributed by atoms with Crippen molar-refractivity contribution in [2.45, 2.75) is 6.92 Å².